The fourth-order valence-electron chi connectivity index (χ4n) is 2.01. The van der Waals surface area contributed by atoms with E-state index in [0.717, 1.165) is 5.25 Å². The SMILES string of the molecule is CSC1CCCCCCCCC1. The van der Waals surface area contributed by atoms with E-state index in [2.05, 4.69) is 18.0 Å². The van der Waals surface area contributed by atoms with E-state index in [-0.39, 0.29) is 0 Å². The van der Waals surface area contributed by atoms with Gasteiger partial charge in [-0.3, -0.25) is 0 Å². The van der Waals surface area contributed by atoms with Crippen LogP contribution in [0.4, 0.5) is 0 Å². The molecule has 1 heteroatoms. The molecule has 0 radical (unpaired) electrons. The fraction of sp³-hybridized carbons (Fsp3) is 1.00. The third-order valence-electron chi connectivity index (χ3n) is 2.89. The largest absolute Gasteiger partial charge is 0.162 e. The number of hydrogen-bond acceptors (Lipinski definition) is 1. The van der Waals surface area contributed by atoms with E-state index >= 15 is 0 Å². The summed E-state index contributed by atoms with van der Waals surface area (Å²) in [6.07, 6.45) is 15.6. The van der Waals surface area contributed by atoms with Crippen molar-refractivity contribution in [3.8, 4) is 0 Å². The minimum Gasteiger partial charge on any atom is -0.162 e. The lowest BCUT2D eigenvalue weighted by atomic mass is 10.0. The van der Waals surface area contributed by atoms with Gasteiger partial charge in [-0.15, -0.1) is 0 Å². The van der Waals surface area contributed by atoms with Gasteiger partial charge in [0.1, 0.15) is 0 Å². The van der Waals surface area contributed by atoms with E-state index in [1.165, 1.54) is 57.8 Å². The predicted molar refractivity (Wildman–Crippen MR) is 58.9 cm³/mol. The van der Waals surface area contributed by atoms with Gasteiger partial charge in [-0.1, -0.05) is 44.9 Å². The van der Waals surface area contributed by atoms with Gasteiger partial charge in [-0.25, -0.2) is 0 Å². The maximum absolute atomic E-state index is 2.27. The fourth-order valence-corrected chi connectivity index (χ4v) is 2.81. The van der Waals surface area contributed by atoms with Gasteiger partial charge in [0.15, 0.2) is 0 Å². The Labute approximate surface area is 81.5 Å². The van der Waals surface area contributed by atoms with Crippen molar-refractivity contribution in [3.63, 3.8) is 0 Å². The zero-order chi connectivity index (χ0) is 8.65. The van der Waals surface area contributed by atoms with Gasteiger partial charge in [0, 0.05) is 5.25 Å². The van der Waals surface area contributed by atoms with Crippen LogP contribution < -0.4 is 0 Å². The first kappa shape index (κ1) is 10.4. The summed E-state index contributed by atoms with van der Waals surface area (Å²) in [5.41, 5.74) is 0. The van der Waals surface area contributed by atoms with Crippen LogP contribution in [0.2, 0.25) is 0 Å². The second-order valence-corrected chi connectivity index (χ2v) is 5.05. The van der Waals surface area contributed by atoms with Gasteiger partial charge < -0.3 is 0 Å². The van der Waals surface area contributed by atoms with E-state index in [9.17, 15) is 0 Å². The summed E-state index contributed by atoms with van der Waals surface area (Å²) in [6, 6.07) is 0. The Morgan fingerprint density at radius 2 is 1.17 bits per heavy atom. The molecule has 0 aromatic heterocycles. The molecule has 0 aliphatic heterocycles. The number of thioether (sulfide) groups is 1. The van der Waals surface area contributed by atoms with Crippen LogP contribution in [0.1, 0.15) is 57.8 Å². The lowest BCUT2D eigenvalue weighted by molar-refractivity contribution is 0.511. The lowest BCUT2D eigenvalue weighted by Gasteiger charge is -2.15. The minimum absolute atomic E-state index is 0.975. The molecule has 0 heterocycles. The molecule has 0 unspecified atom stereocenters. The molecule has 1 fully saturated rings. The summed E-state index contributed by atoms with van der Waals surface area (Å²) < 4.78 is 0. The van der Waals surface area contributed by atoms with Gasteiger partial charge in [0.25, 0.3) is 0 Å². The quantitative estimate of drug-likeness (QED) is 0.590. The second kappa shape index (κ2) is 6.82. The Kier molecular flexibility index (Phi) is 5.93. The Morgan fingerprint density at radius 3 is 1.58 bits per heavy atom. The van der Waals surface area contributed by atoms with Crippen LogP contribution in [0, 0.1) is 0 Å². The maximum atomic E-state index is 2.27. The average Bonchev–Trinajstić information content (AvgIpc) is 2.14. The summed E-state index contributed by atoms with van der Waals surface area (Å²) in [5, 5.41) is 0.975. The third-order valence-corrected chi connectivity index (χ3v) is 4.02. The first-order chi connectivity index (χ1) is 5.93. The van der Waals surface area contributed by atoms with Crippen LogP contribution in [0.3, 0.4) is 0 Å². The molecule has 1 rings (SSSR count). The van der Waals surface area contributed by atoms with Gasteiger partial charge >= 0.3 is 0 Å². The van der Waals surface area contributed by atoms with Crippen molar-refractivity contribution in [1.82, 2.24) is 0 Å². The van der Waals surface area contributed by atoms with Crippen LogP contribution in [0.5, 0.6) is 0 Å². The van der Waals surface area contributed by atoms with Crippen molar-refractivity contribution in [2.45, 2.75) is 63.0 Å². The van der Waals surface area contributed by atoms with E-state index in [1.807, 2.05) is 0 Å². The highest BCUT2D eigenvalue weighted by molar-refractivity contribution is 7.99. The first-order valence-electron chi connectivity index (χ1n) is 5.46. The van der Waals surface area contributed by atoms with Crippen LogP contribution in [0.25, 0.3) is 0 Å². The number of hydrogen-bond donors (Lipinski definition) is 0. The molecule has 1 aliphatic rings. The van der Waals surface area contributed by atoms with Crippen molar-refractivity contribution in [1.29, 1.82) is 0 Å². The first-order valence-corrected chi connectivity index (χ1v) is 6.75. The highest BCUT2D eigenvalue weighted by atomic mass is 32.2. The van der Waals surface area contributed by atoms with Crippen LogP contribution in [-0.2, 0) is 0 Å². The molecular weight excluding hydrogens is 164 g/mol. The second-order valence-electron chi connectivity index (χ2n) is 3.91. The number of rotatable bonds is 1. The van der Waals surface area contributed by atoms with E-state index in [1.54, 1.807) is 0 Å². The van der Waals surface area contributed by atoms with Crippen LogP contribution >= 0.6 is 11.8 Å². The summed E-state index contributed by atoms with van der Waals surface area (Å²) in [4.78, 5) is 0. The Morgan fingerprint density at radius 1 is 0.750 bits per heavy atom. The Hall–Kier alpha value is 0.350. The van der Waals surface area contributed by atoms with Crippen molar-refractivity contribution >= 4 is 11.8 Å². The normalized spacial score (nSPS) is 23.8. The molecule has 1 saturated carbocycles. The molecule has 72 valence electrons. The molecule has 0 spiro atoms. The average molecular weight is 186 g/mol. The monoisotopic (exact) mass is 186 g/mol. The van der Waals surface area contributed by atoms with Gasteiger partial charge in [0.05, 0.1) is 0 Å². The van der Waals surface area contributed by atoms with E-state index in [4.69, 9.17) is 0 Å². The summed E-state index contributed by atoms with van der Waals surface area (Å²) in [5.74, 6) is 0. The molecule has 0 atom stereocenters. The van der Waals surface area contributed by atoms with E-state index in [0.29, 0.717) is 0 Å². The lowest BCUT2D eigenvalue weighted by Crippen LogP contribution is -2.03. The topological polar surface area (TPSA) is 0 Å². The molecule has 0 amide bonds. The molecule has 0 nitrogen and oxygen atoms in total. The summed E-state index contributed by atoms with van der Waals surface area (Å²) in [6.45, 7) is 0. The van der Waals surface area contributed by atoms with Crippen molar-refractivity contribution in [3.05, 3.63) is 0 Å². The predicted octanol–water partition coefficient (Wildman–Crippen LogP) is 4.24. The molecule has 0 N–H and O–H groups in total. The molecule has 0 bridgehead atoms. The highest BCUT2D eigenvalue weighted by Gasteiger charge is 2.07. The minimum atomic E-state index is 0.975. The van der Waals surface area contributed by atoms with Crippen molar-refractivity contribution in [2.24, 2.45) is 0 Å². The smallest absolute Gasteiger partial charge is 0.00442 e. The van der Waals surface area contributed by atoms with E-state index < -0.39 is 0 Å². The van der Waals surface area contributed by atoms with Gasteiger partial charge in [-0.05, 0) is 19.1 Å². The third kappa shape index (κ3) is 4.39. The standard InChI is InChI=1S/C11H22S/c1-12-11-9-7-5-3-2-4-6-8-10-11/h11H,2-10H2,1H3. The zero-order valence-corrected chi connectivity index (χ0v) is 9.17. The highest BCUT2D eigenvalue weighted by Crippen LogP contribution is 2.23. The summed E-state index contributed by atoms with van der Waals surface area (Å²) in [7, 11) is 0. The molecule has 0 aromatic carbocycles. The zero-order valence-electron chi connectivity index (χ0n) is 8.35. The Balaban J connectivity index is 2.17. The molecular formula is C11H22S. The maximum Gasteiger partial charge on any atom is 0.00442 e. The Bertz CT molecular complexity index is 91.2. The van der Waals surface area contributed by atoms with Crippen LogP contribution in [0.15, 0.2) is 0 Å². The van der Waals surface area contributed by atoms with Crippen molar-refractivity contribution < 1.29 is 0 Å². The van der Waals surface area contributed by atoms with Crippen molar-refractivity contribution in [2.75, 3.05) is 6.26 Å². The molecule has 0 saturated heterocycles. The molecule has 1 aliphatic carbocycles. The van der Waals surface area contributed by atoms with Gasteiger partial charge in [0.2, 0.25) is 0 Å². The van der Waals surface area contributed by atoms with Crippen LogP contribution in [-0.4, -0.2) is 11.5 Å². The summed E-state index contributed by atoms with van der Waals surface area (Å²) >= 11 is 2.08. The molecule has 12 heavy (non-hydrogen) atoms. The van der Waals surface area contributed by atoms with Gasteiger partial charge in [-0.2, -0.15) is 11.8 Å². The molecule has 0 aromatic rings.